The summed E-state index contributed by atoms with van der Waals surface area (Å²) >= 11 is 0. The first-order chi connectivity index (χ1) is 8.16. The van der Waals surface area contributed by atoms with Crippen molar-refractivity contribution in [3.8, 4) is 0 Å². The molecule has 0 fully saturated rings. The van der Waals surface area contributed by atoms with Crippen LogP contribution in [0.15, 0.2) is 12.2 Å². The minimum Gasteiger partial charge on any atom is -0.550 e. The van der Waals surface area contributed by atoms with Crippen molar-refractivity contribution in [3.63, 3.8) is 0 Å². The van der Waals surface area contributed by atoms with Gasteiger partial charge in [0.15, 0.2) is 0 Å². The average Bonchev–Trinajstić information content (AvgIpc) is 2.28. The Labute approximate surface area is 121 Å². The number of aliphatic hydroxyl groups excluding tert-OH is 1. The van der Waals surface area contributed by atoms with Gasteiger partial charge in [-0.3, -0.25) is 0 Å². The summed E-state index contributed by atoms with van der Waals surface area (Å²) < 4.78 is 0. The molecule has 3 N–H and O–H groups in total. The number of aliphatic carboxylic acids is 1. The molecular weight excluding hydrogens is 227 g/mol. The van der Waals surface area contributed by atoms with Crippen LogP contribution in [0.5, 0.6) is 0 Å². The number of nitrogens with one attached hydrogen (secondary N) is 2. The van der Waals surface area contributed by atoms with E-state index >= 15 is 0 Å². The summed E-state index contributed by atoms with van der Waals surface area (Å²) in [5, 5.41) is 25.7. The number of carbonyl (C=O) groups excluding carboxylic acids is 1. The summed E-state index contributed by atoms with van der Waals surface area (Å²) in [4.78, 5) is 10.1. The smallest absolute Gasteiger partial charge is 0.550 e. The van der Waals surface area contributed by atoms with E-state index in [1.165, 1.54) is 0 Å². The van der Waals surface area contributed by atoms with E-state index in [4.69, 9.17) is 0 Å². The van der Waals surface area contributed by atoms with Crippen molar-refractivity contribution in [2.45, 2.75) is 32.3 Å². The van der Waals surface area contributed by atoms with Gasteiger partial charge in [-0.1, -0.05) is 12.2 Å². The monoisotopic (exact) mass is 250 g/mol. The van der Waals surface area contributed by atoms with Crippen molar-refractivity contribution in [1.82, 2.24) is 10.6 Å². The first kappa shape index (κ1) is 20.0. The second kappa shape index (κ2) is 14.7. The van der Waals surface area contributed by atoms with Crippen LogP contribution in [0.1, 0.15) is 26.2 Å². The zero-order valence-corrected chi connectivity index (χ0v) is 11.4. The molecule has 6 heteroatoms. The maximum Gasteiger partial charge on any atom is 1.00 e. The summed E-state index contributed by atoms with van der Waals surface area (Å²) in [5.41, 5.74) is 0. The third-order valence-corrected chi connectivity index (χ3v) is 2.27. The molecule has 5 nitrogen and oxygen atoms in total. The SMILES string of the molecule is C/C=C/CCC(O)CNCCNCCC(=O)[O-].[Li+]. The molecule has 0 bridgehead atoms. The quantitative estimate of drug-likeness (QED) is 0.198. The Kier molecular flexibility index (Phi) is 16.4. The van der Waals surface area contributed by atoms with Crippen molar-refractivity contribution < 1.29 is 33.9 Å². The van der Waals surface area contributed by atoms with E-state index in [2.05, 4.69) is 10.6 Å². The molecule has 1 unspecified atom stereocenters. The van der Waals surface area contributed by atoms with Gasteiger partial charge in [0.1, 0.15) is 0 Å². The van der Waals surface area contributed by atoms with Crippen molar-refractivity contribution in [2.75, 3.05) is 26.2 Å². The van der Waals surface area contributed by atoms with Crippen LogP contribution in [-0.4, -0.2) is 43.4 Å². The van der Waals surface area contributed by atoms with Crippen LogP contribution in [0.25, 0.3) is 0 Å². The molecule has 1 atom stereocenters. The largest absolute Gasteiger partial charge is 1.00 e. The van der Waals surface area contributed by atoms with E-state index in [9.17, 15) is 15.0 Å². The average molecular weight is 250 g/mol. The van der Waals surface area contributed by atoms with Crippen molar-refractivity contribution in [3.05, 3.63) is 12.2 Å². The van der Waals surface area contributed by atoms with Crippen molar-refractivity contribution >= 4 is 5.97 Å². The molecule has 0 aliphatic carbocycles. The minimum absolute atomic E-state index is 0. The number of carbonyl (C=O) groups is 1. The molecule has 0 aliphatic rings. The molecule has 0 heterocycles. The maximum atomic E-state index is 10.1. The van der Waals surface area contributed by atoms with E-state index in [-0.39, 0.29) is 31.4 Å². The number of carboxylic acid groups (broad SMARTS) is 1. The van der Waals surface area contributed by atoms with Crippen molar-refractivity contribution in [1.29, 1.82) is 0 Å². The molecule has 18 heavy (non-hydrogen) atoms. The Morgan fingerprint density at radius 3 is 2.61 bits per heavy atom. The molecule has 0 saturated heterocycles. The van der Waals surface area contributed by atoms with Gasteiger partial charge in [-0.15, -0.1) is 0 Å². The Morgan fingerprint density at radius 2 is 2.00 bits per heavy atom. The van der Waals surface area contributed by atoms with Gasteiger partial charge < -0.3 is 25.6 Å². The van der Waals surface area contributed by atoms with Gasteiger partial charge in [0.2, 0.25) is 0 Å². The van der Waals surface area contributed by atoms with E-state index in [0.29, 0.717) is 26.2 Å². The number of aliphatic hydroxyl groups is 1. The predicted molar refractivity (Wildman–Crippen MR) is 65.4 cm³/mol. The molecule has 0 radical (unpaired) electrons. The van der Waals surface area contributed by atoms with Gasteiger partial charge in [-0.05, 0) is 26.2 Å². The number of hydrogen-bond acceptors (Lipinski definition) is 5. The van der Waals surface area contributed by atoms with E-state index in [0.717, 1.165) is 12.8 Å². The van der Waals surface area contributed by atoms with Crippen LogP contribution in [0.4, 0.5) is 0 Å². The van der Waals surface area contributed by atoms with E-state index < -0.39 is 5.97 Å². The molecule has 0 amide bonds. The van der Waals surface area contributed by atoms with E-state index in [1.807, 2.05) is 19.1 Å². The molecule has 0 aromatic heterocycles. The van der Waals surface area contributed by atoms with E-state index in [1.54, 1.807) is 0 Å². The zero-order chi connectivity index (χ0) is 12.9. The van der Waals surface area contributed by atoms with Crippen LogP contribution in [0, 0.1) is 0 Å². The summed E-state index contributed by atoms with van der Waals surface area (Å²) in [6.07, 6.45) is 5.37. The van der Waals surface area contributed by atoms with Gasteiger partial charge in [-0.2, -0.15) is 0 Å². The standard InChI is InChI=1S/C12H24N2O3.Li/c1-2-3-4-5-11(15)10-14-9-8-13-7-6-12(16)17;/h2-3,11,13-15H,4-10H2,1H3,(H,16,17);/q;+1/p-1/b3-2+;. The fraction of sp³-hybridized carbons (Fsp3) is 0.750. The topological polar surface area (TPSA) is 84.4 Å². The fourth-order valence-corrected chi connectivity index (χ4v) is 1.32. The summed E-state index contributed by atoms with van der Waals surface area (Å²) in [5.74, 6) is -1.04. The molecule has 0 aromatic rings. The first-order valence-electron chi connectivity index (χ1n) is 6.07. The van der Waals surface area contributed by atoms with Gasteiger partial charge >= 0.3 is 18.9 Å². The van der Waals surface area contributed by atoms with Crippen molar-refractivity contribution in [2.24, 2.45) is 0 Å². The van der Waals surface area contributed by atoms with Gasteiger partial charge in [0, 0.05) is 32.1 Å². The zero-order valence-electron chi connectivity index (χ0n) is 11.4. The number of allylic oxidation sites excluding steroid dienone is 2. The van der Waals surface area contributed by atoms with Gasteiger partial charge in [0.25, 0.3) is 0 Å². The van der Waals surface area contributed by atoms with Crippen LogP contribution in [0.3, 0.4) is 0 Å². The van der Waals surface area contributed by atoms with Gasteiger partial charge in [0.05, 0.1) is 6.10 Å². The molecule has 100 valence electrons. The first-order valence-corrected chi connectivity index (χ1v) is 6.07. The molecule has 0 saturated carbocycles. The van der Waals surface area contributed by atoms with Crippen LogP contribution >= 0.6 is 0 Å². The molecule has 0 rings (SSSR count). The third kappa shape index (κ3) is 15.7. The normalized spacial score (nSPS) is 12.3. The Hall–Kier alpha value is -0.313. The van der Waals surface area contributed by atoms with Crippen LogP contribution in [-0.2, 0) is 4.79 Å². The second-order valence-electron chi connectivity index (χ2n) is 3.88. The molecular formula is C12H23LiN2O3. The number of rotatable bonds is 11. The molecule has 0 aromatic carbocycles. The van der Waals surface area contributed by atoms with Crippen LogP contribution < -0.4 is 34.6 Å². The third-order valence-electron chi connectivity index (χ3n) is 2.27. The molecule has 0 aliphatic heterocycles. The fourth-order valence-electron chi connectivity index (χ4n) is 1.32. The Balaban J connectivity index is 0. The van der Waals surface area contributed by atoms with Gasteiger partial charge in [-0.25, -0.2) is 0 Å². The second-order valence-corrected chi connectivity index (χ2v) is 3.88. The summed E-state index contributed by atoms with van der Waals surface area (Å²) in [7, 11) is 0. The minimum atomic E-state index is -1.04. The summed E-state index contributed by atoms with van der Waals surface area (Å²) in [6, 6.07) is 0. The van der Waals surface area contributed by atoms with Crippen LogP contribution in [0.2, 0.25) is 0 Å². The maximum absolute atomic E-state index is 10.1. The molecule has 0 spiro atoms. The number of hydrogen-bond donors (Lipinski definition) is 3. The summed E-state index contributed by atoms with van der Waals surface area (Å²) in [6.45, 7) is 4.36. The predicted octanol–water partition coefficient (Wildman–Crippen LogP) is -3.97. The Bertz CT molecular complexity index is 225. The Morgan fingerprint density at radius 1 is 1.33 bits per heavy atom. The number of carboxylic acids is 1.